The Morgan fingerprint density at radius 3 is 2.61 bits per heavy atom. The lowest BCUT2D eigenvalue weighted by Crippen LogP contribution is -2.13. The summed E-state index contributed by atoms with van der Waals surface area (Å²) >= 11 is 1.86. The van der Waals surface area contributed by atoms with Crippen molar-refractivity contribution in [1.82, 2.24) is 14.8 Å². The maximum atomic E-state index is 4.66. The minimum absolute atomic E-state index is 0.410. The van der Waals surface area contributed by atoms with Gasteiger partial charge < -0.3 is 4.57 Å². The van der Waals surface area contributed by atoms with Gasteiger partial charge in [-0.05, 0) is 32.6 Å². The van der Waals surface area contributed by atoms with Gasteiger partial charge in [0.05, 0.1) is 12.4 Å². The van der Waals surface area contributed by atoms with Crippen LogP contribution in [0.5, 0.6) is 0 Å². The van der Waals surface area contributed by atoms with E-state index in [0.29, 0.717) is 12.5 Å². The zero-order valence-electron chi connectivity index (χ0n) is 11.7. The SMILES string of the molecule is C/C1=N/Cc2nnc(C)n2CS/C(C)=C(/C)C1C. The molecular formula is C13H20N4S. The maximum Gasteiger partial charge on any atom is 0.155 e. The molecule has 1 aromatic rings. The van der Waals surface area contributed by atoms with Crippen LogP contribution < -0.4 is 0 Å². The van der Waals surface area contributed by atoms with Gasteiger partial charge >= 0.3 is 0 Å². The van der Waals surface area contributed by atoms with Gasteiger partial charge in [-0.15, -0.1) is 22.0 Å². The molecule has 1 atom stereocenters. The van der Waals surface area contributed by atoms with E-state index in [2.05, 4.69) is 47.5 Å². The van der Waals surface area contributed by atoms with Gasteiger partial charge in [-0.25, -0.2) is 0 Å². The first-order valence-electron chi connectivity index (χ1n) is 6.20. The van der Waals surface area contributed by atoms with Crippen molar-refractivity contribution in [3.05, 3.63) is 22.1 Å². The van der Waals surface area contributed by atoms with Crippen LogP contribution in [-0.2, 0) is 12.4 Å². The lowest BCUT2D eigenvalue weighted by Gasteiger charge is -2.18. The van der Waals surface area contributed by atoms with Gasteiger partial charge in [-0.3, -0.25) is 4.99 Å². The number of fused-ring (bicyclic) bond motifs is 1. The summed E-state index contributed by atoms with van der Waals surface area (Å²) in [5, 5.41) is 8.36. The average molecular weight is 264 g/mol. The number of allylic oxidation sites excluding steroid dienone is 2. The van der Waals surface area contributed by atoms with E-state index in [0.717, 1.165) is 17.5 Å². The van der Waals surface area contributed by atoms with Crippen LogP contribution in [0.4, 0.5) is 0 Å². The largest absolute Gasteiger partial charge is 0.303 e. The standard InChI is InChI=1S/C13H20N4S/c1-8-9(2)11(4)18-7-17-12(5)15-16-13(17)6-14-10(8)3/h8H,6-7H2,1-5H3/b11-9-,14-10-. The Kier molecular flexibility index (Phi) is 3.90. The van der Waals surface area contributed by atoms with Crippen LogP contribution in [0.1, 0.15) is 39.3 Å². The molecule has 0 amide bonds. The monoisotopic (exact) mass is 264 g/mol. The van der Waals surface area contributed by atoms with Crippen molar-refractivity contribution in [2.75, 3.05) is 0 Å². The molecule has 0 fully saturated rings. The molecule has 1 aliphatic rings. The van der Waals surface area contributed by atoms with Crippen LogP contribution >= 0.6 is 11.8 Å². The second-order valence-corrected chi connectivity index (χ2v) is 5.94. The Labute approximate surface area is 113 Å². The third-order valence-corrected chi connectivity index (χ3v) is 4.87. The highest BCUT2D eigenvalue weighted by Crippen LogP contribution is 2.28. The predicted molar refractivity (Wildman–Crippen MR) is 76.7 cm³/mol. The quantitative estimate of drug-likeness (QED) is 0.723. The van der Waals surface area contributed by atoms with Crippen molar-refractivity contribution in [3.8, 4) is 0 Å². The second kappa shape index (κ2) is 5.26. The number of aromatic nitrogens is 3. The number of hydrogen-bond donors (Lipinski definition) is 0. The minimum Gasteiger partial charge on any atom is -0.303 e. The first kappa shape index (κ1) is 13.3. The smallest absolute Gasteiger partial charge is 0.155 e. The summed E-state index contributed by atoms with van der Waals surface area (Å²) in [5.74, 6) is 3.20. The van der Waals surface area contributed by atoms with Crippen molar-refractivity contribution in [2.24, 2.45) is 10.9 Å². The highest BCUT2D eigenvalue weighted by molar-refractivity contribution is 8.02. The van der Waals surface area contributed by atoms with E-state index in [4.69, 9.17) is 0 Å². The van der Waals surface area contributed by atoms with E-state index < -0.39 is 0 Å². The Bertz CT molecular complexity index is 513. The molecule has 0 saturated carbocycles. The van der Waals surface area contributed by atoms with Crippen LogP contribution in [0.15, 0.2) is 15.5 Å². The van der Waals surface area contributed by atoms with E-state index in [1.165, 1.54) is 16.2 Å². The van der Waals surface area contributed by atoms with Crippen LogP contribution in [0, 0.1) is 12.8 Å². The van der Waals surface area contributed by atoms with Crippen LogP contribution in [0.3, 0.4) is 0 Å². The molecule has 0 saturated heterocycles. The summed E-state index contributed by atoms with van der Waals surface area (Å²) < 4.78 is 2.15. The third-order valence-electron chi connectivity index (χ3n) is 3.72. The zero-order valence-corrected chi connectivity index (χ0v) is 12.5. The summed E-state index contributed by atoms with van der Waals surface area (Å²) in [6.07, 6.45) is 0. The fourth-order valence-corrected chi connectivity index (χ4v) is 3.00. The topological polar surface area (TPSA) is 43.1 Å². The van der Waals surface area contributed by atoms with Crippen LogP contribution in [0.25, 0.3) is 0 Å². The van der Waals surface area contributed by atoms with E-state index >= 15 is 0 Å². The molecule has 5 heteroatoms. The lowest BCUT2D eigenvalue weighted by molar-refractivity contribution is 0.753. The summed E-state index contributed by atoms with van der Waals surface area (Å²) in [5.41, 5.74) is 2.58. The van der Waals surface area contributed by atoms with Gasteiger partial charge in [-0.1, -0.05) is 12.5 Å². The van der Waals surface area contributed by atoms with E-state index in [1.54, 1.807) is 0 Å². The van der Waals surface area contributed by atoms with Gasteiger partial charge in [0.1, 0.15) is 5.82 Å². The number of aliphatic imine (C=N–C) groups is 1. The van der Waals surface area contributed by atoms with Gasteiger partial charge in [0.15, 0.2) is 5.82 Å². The first-order valence-corrected chi connectivity index (χ1v) is 7.19. The summed E-state index contributed by atoms with van der Waals surface area (Å²) in [6, 6.07) is 0. The fraction of sp³-hybridized carbons (Fsp3) is 0.615. The van der Waals surface area contributed by atoms with Gasteiger partial charge in [0.2, 0.25) is 0 Å². The fourth-order valence-electron chi connectivity index (χ4n) is 1.94. The Hall–Kier alpha value is -1.10. The normalized spacial score (nSPS) is 28.5. The van der Waals surface area contributed by atoms with Crippen LogP contribution in [-0.4, -0.2) is 20.5 Å². The highest BCUT2D eigenvalue weighted by Gasteiger charge is 2.15. The van der Waals surface area contributed by atoms with Crippen molar-refractivity contribution in [2.45, 2.75) is 47.0 Å². The summed E-state index contributed by atoms with van der Waals surface area (Å²) in [7, 11) is 0. The third kappa shape index (κ3) is 2.51. The predicted octanol–water partition coefficient (Wildman–Crippen LogP) is 3.18. The summed E-state index contributed by atoms with van der Waals surface area (Å²) in [6.45, 7) is 11.3. The molecule has 2 heterocycles. The summed E-state index contributed by atoms with van der Waals surface area (Å²) in [4.78, 5) is 6.03. The molecular weight excluding hydrogens is 244 g/mol. The number of hydrogen-bond acceptors (Lipinski definition) is 4. The van der Waals surface area contributed by atoms with Crippen molar-refractivity contribution >= 4 is 17.5 Å². The maximum absolute atomic E-state index is 4.66. The minimum atomic E-state index is 0.410. The molecule has 0 N–H and O–H groups in total. The molecule has 4 nitrogen and oxygen atoms in total. The second-order valence-electron chi connectivity index (χ2n) is 4.78. The Morgan fingerprint density at radius 2 is 1.89 bits per heavy atom. The molecule has 0 spiro atoms. The molecule has 2 rings (SSSR count). The first-order chi connectivity index (χ1) is 8.50. The number of thioether (sulfide) groups is 1. The highest BCUT2D eigenvalue weighted by atomic mass is 32.2. The van der Waals surface area contributed by atoms with E-state index in [9.17, 15) is 0 Å². The van der Waals surface area contributed by atoms with Crippen LogP contribution in [0.2, 0.25) is 0 Å². The lowest BCUT2D eigenvalue weighted by atomic mass is 9.98. The van der Waals surface area contributed by atoms with Crippen molar-refractivity contribution in [1.29, 1.82) is 0 Å². The Balaban J connectivity index is 2.42. The van der Waals surface area contributed by atoms with Gasteiger partial charge in [-0.2, -0.15) is 0 Å². The van der Waals surface area contributed by atoms with Crippen molar-refractivity contribution in [3.63, 3.8) is 0 Å². The zero-order chi connectivity index (χ0) is 13.3. The number of nitrogens with zero attached hydrogens (tertiary/aromatic N) is 4. The Morgan fingerprint density at radius 1 is 1.17 bits per heavy atom. The number of aryl methyl sites for hydroxylation is 1. The molecule has 0 aliphatic carbocycles. The van der Waals surface area contributed by atoms with Crippen molar-refractivity contribution < 1.29 is 0 Å². The molecule has 1 unspecified atom stereocenters. The molecule has 0 aromatic carbocycles. The molecule has 0 radical (unpaired) electrons. The van der Waals surface area contributed by atoms with E-state index in [1.807, 2.05) is 18.7 Å². The molecule has 1 aromatic heterocycles. The number of rotatable bonds is 0. The van der Waals surface area contributed by atoms with E-state index in [-0.39, 0.29) is 0 Å². The van der Waals surface area contributed by atoms with Gasteiger partial charge in [0, 0.05) is 11.6 Å². The molecule has 0 bridgehead atoms. The molecule has 1 aliphatic heterocycles. The molecule has 18 heavy (non-hydrogen) atoms. The molecule has 98 valence electrons. The van der Waals surface area contributed by atoms with Gasteiger partial charge in [0.25, 0.3) is 0 Å². The average Bonchev–Trinajstić information content (AvgIpc) is 2.71.